The van der Waals surface area contributed by atoms with Crippen LogP contribution in [0.5, 0.6) is 0 Å². The maximum atomic E-state index is 12.6. The van der Waals surface area contributed by atoms with E-state index in [1.165, 1.54) is 16.8 Å². The average Bonchev–Trinajstić information content (AvgIpc) is 2.64. The summed E-state index contributed by atoms with van der Waals surface area (Å²) in [6.07, 6.45) is 0.866. The number of amides is 3. The molecule has 0 radical (unpaired) electrons. The Labute approximate surface area is 143 Å². The Balaban J connectivity index is 1.56. The van der Waals surface area contributed by atoms with Crippen LogP contribution < -0.4 is 4.90 Å². The Kier molecular flexibility index (Phi) is 4.92. The first-order valence-corrected chi connectivity index (χ1v) is 8.64. The van der Waals surface area contributed by atoms with Crippen LogP contribution in [-0.4, -0.2) is 79.5 Å². The molecule has 2 heterocycles. The molecular formula is C18H26N4O2. The number of rotatable bonds is 2. The molecule has 1 aromatic rings. The van der Waals surface area contributed by atoms with Gasteiger partial charge < -0.3 is 19.6 Å². The van der Waals surface area contributed by atoms with Crippen molar-refractivity contribution in [3.63, 3.8) is 0 Å². The largest absolute Gasteiger partial charge is 0.368 e. The molecule has 2 aliphatic rings. The van der Waals surface area contributed by atoms with Crippen molar-refractivity contribution in [3.05, 3.63) is 29.3 Å². The van der Waals surface area contributed by atoms with Crippen molar-refractivity contribution in [3.8, 4) is 0 Å². The van der Waals surface area contributed by atoms with E-state index < -0.39 is 0 Å². The molecule has 6 nitrogen and oxygen atoms in total. The molecule has 0 bridgehead atoms. The average molecular weight is 330 g/mol. The number of hydrogen-bond acceptors (Lipinski definition) is 3. The lowest BCUT2D eigenvalue weighted by atomic mass is 10.1. The summed E-state index contributed by atoms with van der Waals surface area (Å²) in [5.74, 6) is 0. The molecule has 1 aromatic carbocycles. The lowest BCUT2D eigenvalue weighted by Crippen LogP contribution is -2.56. The zero-order valence-electron chi connectivity index (χ0n) is 14.6. The molecular weight excluding hydrogens is 304 g/mol. The molecule has 2 aliphatic heterocycles. The number of aryl methyl sites for hydroxylation is 1. The van der Waals surface area contributed by atoms with E-state index in [4.69, 9.17) is 0 Å². The van der Waals surface area contributed by atoms with Gasteiger partial charge in [-0.15, -0.1) is 0 Å². The van der Waals surface area contributed by atoms with Crippen molar-refractivity contribution in [1.82, 2.24) is 14.7 Å². The van der Waals surface area contributed by atoms with Gasteiger partial charge in [-0.25, -0.2) is 4.79 Å². The minimum Gasteiger partial charge on any atom is -0.368 e. The van der Waals surface area contributed by atoms with Crippen molar-refractivity contribution in [2.24, 2.45) is 0 Å². The molecule has 0 aromatic heterocycles. The summed E-state index contributed by atoms with van der Waals surface area (Å²) in [7, 11) is 0. The third-order valence-corrected chi connectivity index (χ3v) is 5.20. The zero-order valence-corrected chi connectivity index (χ0v) is 14.6. The van der Waals surface area contributed by atoms with Crippen LogP contribution in [0.2, 0.25) is 0 Å². The molecule has 0 spiro atoms. The fraction of sp³-hybridized carbons (Fsp3) is 0.556. The molecule has 0 unspecified atom stereocenters. The number of carbonyl (C=O) groups excluding carboxylic acids is 2. The van der Waals surface area contributed by atoms with Crippen LogP contribution in [0.4, 0.5) is 10.5 Å². The molecule has 2 fully saturated rings. The van der Waals surface area contributed by atoms with Crippen LogP contribution in [0, 0.1) is 13.8 Å². The van der Waals surface area contributed by atoms with E-state index in [-0.39, 0.29) is 6.03 Å². The standard InChI is InChI=1S/C18H26N4O2/c1-15-4-3-5-17(16(15)2)20-10-12-22(13-11-20)18(24)21-8-6-19(14-23)7-9-21/h3-5,14H,6-13H2,1-2H3. The second-order valence-corrected chi connectivity index (χ2v) is 6.60. The summed E-state index contributed by atoms with van der Waals surface area (Å²) in [6, 6.07) is 6.51. The minimum absolute atomic E-state index is 0.112. The molecule has 6 heteroatoms. The van der Waals surface area contributed by atoms with Gasteiger partial charge in [0, 0.05) is 58.0 Å². The van der Waals surface area contributed by atoms with Crippen LogP contribution in [-0.2, 0) is 4.79 Å². The third kappa shape index (κ3) is 3.32. The number of carbonyl (C=O) groups is 2. The summed E-state index contributed by atoms with van der Waals surface area (Å²) in [5.41, 5.74) is 3.91. The monoisotopic (exact) mass is 330 g/mol. The van der Waals surface area contributed by atoms with Gasteiger partial charge >= 0.3 is 6.03 Å². The molecule has 0 N–H and O–H groups in total. The van der Waals surface area contributed by atoms with E-state index in [1.54, 1.807) is 4.90 Å². The van der Waals surface area contributed by atoms with Gasteiger partial charge in [-0.05, 0) is 31.0 Å². The number of anilines is 1. The molecule has 3 amide bonds. The van der Waals surface area contributed by atoms with Gasteiger partial charge in [-0.3, -0.25) is 4.79 Å². The Morgan fingerprint density at radius 2 is 1.50 bits per heavy atom. The molecule has 0 saturated carbocycles. The second-order valence-electron chi connectivity index (χ2n) is 6.60. The van der Waals surface area contributed by atoms with Gasteiger partial charge in [0.05, 0.1) is 0 Å². The predicted octanol–water partition coefficient (Wildman–Crippen LogP) is 1.32. The Morgan fingerprint density at radius 1 is 0.917 bits per heavy atom. The quantitative estimate of drug-likeness (QED) is 0.769. The summed E-state index contributed by atoms with van der Waals surface area (Å²) in [6.45, 7) is 10.1. The van der Waals surface area contributed by atoms with Gasteiger partial charge in [0.25, 0.3) is 0 Å². The number of nitrogens with zero attached hydrogens (tertiary/aromatic N) is 4. The number of hydrogen-bond donors (Lipinski definition) is 0. The summed E-state index contributed by atoms with van der Waals surface area (Å²) < 4.78 is 0. The van der Waals surface area contributed by atoms with Crippen molar-refractivity contribution in [2.75, 3.05) is 57.3 Å². The lowest BCUT2D eigenvalue weighted by molar-refractivity contribution is -0.119. The minimum atomic E-state index is 0.112. The Hall–Kier alpha value is -2.24. The van der Waals surface area contributed by atoms with Gasteiger partial charge in [-0.1, -0.05) is 12.1 Å². The van der Waals surface area contributed by atoms with Crippen molar-refractivity contribution >= 4 is 18.1 Å². The normalized spacial score (nSPS) is 18.8. The highest BCUT2D eigenvalue weighted by molar-refractivity contribution is 5.75. The first-order valence-electron chi connectivity index (χ1n) is 8.64. The van der Waals surface area contributed by atoms with E-state index >= 15 is 0 Å². The smallest absolute Gasteiger partial charge is 0.320 e. The third-order valence-electron chi connectivity index (χ3n) is 5.20. The molecule has 2 saturated heterocycles. The number of benzene rings is 1. The van der Waals surface area contributed by atoms with E-state index in [0.717, 1.165) is 32.6 Å². The first-order chi connectivity index (χ1) is 11.6. The highest BCUT2D eigenvalue weighted by Gasteiger charge is 2.27. The molecule has 130 valence electrons. The molecule has 3 rings (SSSR count). The molecule has 0 aliphatic carbocycles. The predicted molar refractivity (Wildman–Crippen MR) is 94.3 cm³/mol. The number of urea groups is 1. The molecule has 0 atom stereocenters. The van der Waals surface area contributed by atoms with E-state index in [9.17, 15) is 9.59 Å². The van der Waals surface area contributed by atoms with Crippen molar-refractivity contribution in [1.29, 1.82) is 0 Å². The maximum Gasteiger partial charge on any atom is 0.320 e. The Bertz CT molecular complexity index is 603. The van der Waals surface area contributed by atoms with Gasteiger partial charge in [-0.2, -0.15) is 0 Å². The van der Waals surface area contributed by atoms with Crippen molar-refractivity contribution < 1.29 is 9.59 Å². The number of piperazine rings is 2. The van der Waals surface area contributed by atoms with Crippen LogP contribution in [0.1, 0.15) is 11.1 Å². The highest BCUT2D eigenvalue weighted by atomic mass is 16.2. The van der Waals surface area contributed by atoms with Crippen molar-refractivity contribution in [2.45, 2.75) is 13.8 Å². The van der Waals surface area contributed by atoms with E-state index in [2.05, 4.69) is 36.9 Å². The van der Waals surface area contributed by atoms with Crippen LogP contribution in [0.25, 0.3) is 0 Å². The van der Waals surface area contributed by atoms with Gasteiger partial charge in [0.15, 0.2) is 0 Å². The lowest BCUT2D eigenvalue weighted by Gasteiger charge is -2.41. The SMILES string of the molecule is Cc1cccc(N2CCN(C(=O)N3CCN(C=O)CC3)CC2)c1C. The van der Waals surface area contributed by atoms with Crippen LogP contribution in [0.3, 0.4) is 0 Å². The van der Waals surface area contributed by atoms with Gasteiger partial charge in [0.2, 0.25) is 6.41 Å². The second kappa shape index (κ2) is 7.11. The Morgan fingerprint density at radius 3 is 2.08 bits per heavy atom. The van der Waals surface area contributed by atoms with E-state index in [0.29, 0.717) is 26.2 Å². The summed E-state index contributed by atoms with van der Waals surface area (Å²) in [4.78, 5) is 31.3. The fourth-order valence-electron chi connectivity index (χ4n) is 3.44. The maximum absolute atomic E-state index is 12.6. The zero-order chi connectivity index (χ0) is 17.1. The van der Waals surface area contributed by atoms with Crippen LogP contribution in [0.15, 0.2) is 18.2 Å². The highest BCUT2D eigenvalue weighted by Crippen LogP contribution is 2.24. The van der Waals surface area contributed by atoms with Gasteiger partial charge in [0.1, 0.15) is 0 Å². The first kappa shape index (κ1) is 16.6. The summed E-state index contributed by atoms with van der Waals surface area (Å²) >= 11 is 0. The van der Waals surface area contributed by atoms with Crippen LogP contribution >= 0.6 is 0 Å². The molecule has 24 heavy (non-hydrogen) atoms. The topological polar surface area (TPSA) is 47.1 Å². The van der Waals surface area contributed by atoms with E-state index in [1.807, 2.05) is 9.80 Å². The fourth-order valence-corrected chi connectivity index (χ4v) is 3.44. The summed E-state index contributed by atoms with van der Waals surface area (Å²) in [5, 5.41) is 0.